The van der Waals surface area contributed by atoms with E-state index in [-0.39, 0.29) is 11.2 Å². The van der Waals surface area contributed by atoms with E-state index in [2.05, 4.69) is 5.32 Å². The van der Waals surface area contributed by atoms with Crippen molar-refractivity contribution in [2.24, 2.45) is 5.41 Å². The Hall–Kier alpha value is -0.340. The third-order valence-electron chi connectivity index (χ3n) is 3.52. The number of nitrogens with zero attached hydrogens (tertiary/aromatic N) is 1. The number of hydrogen-bond donors (Lipinski definition) is 1. The Bertz CT molecular complexity index is 424. The number of hydrogen-bond acceptors (Lipinski definition) is 3. The van der Waals surface area contributed by atoms with Gasteiger partial charge in [0.05, 0.1) is 5.75 Å². The van der Waals surface area contributed by atoms with Crippen LogP contribution in [-0.2, 0) is 10.0 Å². The zero-order chi connectivity index (χ0) is 16.3. The maximum atomic E-state index is 12.7. The lowest BCUT2D eigenvalue weighted by Crippen LogP contribution is -2.50. The van der Waals surface area contributed by atoms with Crippen molar-refractivity contribution in [1.82, 2.24) is 9.62 Å². The second kappa shape index (κ2) is 6.83. The van der Waals surface area contributed by atoms with Crippen LogP contribution in [0, 0.1) is 5.41 Å². The van der Waals surface area contributed by atoms with Crippen molar-refractivity contribution in [3.8, 4) is 0 Å². The van der Waals surface area contributed by atoms with Crippen LogP contribution in [0.25, 0.3) is 0 Å². The average molecular weight is 330 g/mol. The summed E-state index contributed by atoms with van der Waals surface area (Å²) in [6.07, 6.45) is -3.33. The third-order valence-corrected chi connectivity index (χ3v) is 5.38. The molecule has 0 amide bonds. The highest BCUT2D eigenvalue weighted by Crippen LogP contribution is 2.26. The summed E-state index contributed by atoms with van der Waals surface area (Å²) in [7, 11) is -3.90. The van der Waals surface area contributed by atoms with Crippen molar-refractivity contribution < 1.29 is 21.6 Å². The lowest BCUT2D eigenvalue weighted by atomic mass is 9.94. The van der Waals surface area contributed by atoms with E-state index in [1.54, 1.807) is 0 Å². The molecule has 1 aliphatic rings. The molecule has 0 aromatic carbocycles. The number of alkyl halides is 3. The van der Waals surface area contributed by atoms with E-state index in [1.807, 2.05) is 20.8 Å². The molecule has 8 heteroatoms. The van der Waals surface area contributed by atoms with E-state index in [4.69, 9.17) is 0 Å². The van der Waals surface area contributed by atoms with Gasteiger partial charge in [-0.05, 0) is 37.8 Å². The molecule has 0 unspecified atom stereocenters. The van der Waals surface area contributed by atoms with Crippen LogP contribution in [0.3, 0.4) is 0 Å². The van der Waals surface area contributed by atoms with Crippen molar-refractivity contribution in [3.05, 3.63) is 0 Å². The normalized spacial score (nSPS) is 19.2. The minimum atomic E-state index is -4.51. The van der Waals surface area contributed by atoms with E-state index in [1.165, 1.54) is 0 Å². The predicted molar refractivity (Wildman–Crippen MR) is 76.5 cm³/mol. The Morgan fingerprint density at radius 3 is 2.10 bits per heavy atom. The maximum absolute atomic E-state index is 12.7. The first-order valence-corrected chi connectivity index (χ1v) is 8.79. The zero-order valence-corrected chi connectivity index (χ0v) is 13.6. The van der Waals surface area contributed by atoms with Gasteiger partial charge >= 0.3 is 6.18 Å². The molecule has 1 fully saturated rings. The minimum absolute atomic E-state index is 0.231. The first-order valence-electron chi connectivity index (χ1n) is 7.18. The van der Waals surface area contributed by atoms with Gasteiger partial charge in [0.15, 0.2) is 0 Å². The topological polar surface area (TPSA) is 49.4 Å². The summed E-state index contributed by atoms with van der Waals surface area (Å²) in [6.45, 7) is 5.34. The molecule has 0 aromatic heterocycles. The first-order chi connectivity index (χ1) is 9.41. The molecule has 1 saturated heterocycles. The summed E-state index contributed by atoms with van der Waals surface area (Å²) in [4.78, 5) is 0. The summed E-state index contributed by atoms with van der Waals surface area (Å²) in [5.74, 6) is -0.240. The molecular weight excluding hydrogens is 305 g/mol. The smallest absolute Gasteiger partial charge is 0.317 e. The fraction of sp³-hybridized carbons (Fsp3) is 1.00. The molecule has 0 bridgehead atoms. The Labute approximate surface area is 125 Å². The van der Waals surface area contributed by atoms with Gasteiger partial charge < -0.3 is 5.32 Å². The third kappa shape index (κ3) is 6.97. The van der Waals surface area contributed by atoms with Gasteiger partial charge in [-0.2, -0.15) is 17.5 Å². The number of nitrogens with one attached hydrogen (secondary N) is 1. The van der Waals surface area contributed by atoms with Gasteiger partial charge in [-0.15, -0.1) is 0 Å². The Morgan fingerprint density at radius 2 is 1.67 bits per heavy atom. The van der Waals surface area contributed by atoms with Gasteiger partial charge in [0, 0.05) is 6.04 Å². The molecule has 0 spiro atoms. The van der Waals surface area contributed by atoms with Gasteiger partial charge in [-0.25, -0.2) is 8.42 Å². The summed E-state index contributed by atoms with van der Waals surface area (Å²) >= 11 is 0. The van der Waals surface area contributed by atoms with Crippen LogP contribution in [0.2, 0.25) is 0 Å². The van der Waals surface area contributed by atoms with Crippen LogP contribution in [0.1, 0.15) is 40.0 Å². The standard InChI is InChI=1S/C13H25F3N2O2S/c1-12(2,3)6-9-21(19,20)18(10-13(14,15)16)11-4-7-17-8-5-11/h11,17H,4-10H2,1-3H3. The number of sulfonamides is 1. The molecule has 126 valence electrons. The lowest BCUT2D eigenvalue weighted by molar-refractivity contribution is -0.140. The highest BCUT2D eigenvalue weighted by molar-refractivity contribution is 7.89. The van der Waals surface area contributed by atoms with Gasteiger partial charge in [0.2, 0.25) is 10.0 Å². The Kier molecular flexibility index (Phi) is 6.08. The van der Waals surface area contributed by atoms with Crippen LogP contribution >= 0.6 is 0 Å². The van der Waals surface area contributed by atoms with Gasteiger partial charge in [-0.3, -0.25) is 0 Å². The second-order valence-corrected chi connectivity index (χ2v) is 8.81. The molecule has 0 atom stereocenters. The molecule has 21 heavy (non-hydrogen) atoms. The molecule has 1 rings (SSSR count). The molecule has 1 heterocycles. The largest absolute Gasteiger partial charge is 0.402 e. The highest BCUT2D eigenvalue weighted by atomic mass is 32.2. The van der Waals surface area contributed by atoms with E-state index >= 15 is 0 Å². The maximum Gasteiger partial charge on any atom is 0.402 e. The number of piperidine rings is 1. The molecule has 1 N–H and O–H groups in total. The van der Waals surface area contributed by atoms with Crippen molar-refractivity contribution in [3.63, 3.8) is 0 Å². The Balaban J connectivity index is 2.88. The molecule has 0 radical (unpaired) electrons. The number of halogens is 3. The van der Waals surface area contributed by atoms with E-state index in [9.17, 15) is 21.6 Å². The summed E-state index contributed by atoms with van der Waals surface area (Å²) in [5, 5.41) is 3.04. The van der Waals surface area contributed by atoms with Gasteiger partial charge in [-0.1, -0.05) is 20.8 Å². The second-order valence-electron chi connectivity index (χ2n) is 6.77. The zero-order valence-electron chi connectivity index (χ0n) is 12.8. The first kappa shape index (κ1) is 18.7. The summed E-state index contributed by atoms with van der Waals surface area (Å²) < 4.78 is 63.6. The summed E-state index contributed by atoms with van der Waals surface area (Å²) in [5.41, 5.74) is -0.231. The molecule has 0 aliphatic carbocycles. The predicted octanol–water partition coefficient (Wildman–Crippen LogP) is 2.37. The van der Waals surface area contributed by atoms with E-state index in [0.29, 0.717) is 36.7 Å². The molecule has 1 aliphatic heterocycles. The van der Waals surface area contributed by atoms with Crippen molar-refractivity contribution in [2.45, 2.75) is 52.3 Å². The van der Waals surface area contributed by atoms with Gasteiger partial charge in [0.1, 0.15) is 6.54 Å². The highest BCUT2D eigenvalue weighted by Gasteiger charge is 2.40. The fourth-order valence-corrected chi connectivity index (χ4v) is 4.39. The van der Waals surface area contributed by atoms with Crippen LogP contribution in [0.4, 0.5) is 13.2 Å². The summed E-state index contributed by atoms with van der Waals surface area (Å²) in [6, 6.07) is -0.558. The SMILES string of the molecule is CC(C)(C)CCS(=O)(=O)N(CC(F)(F)F)C1CCNCC1. The van der Waals surface area contributed by atoms with E-state index in [0.717, 1.165) is 0 Å². The van der Waals surface area contributed by atoms with Crippen LogP contribution in [0.15, 0.2) is 0 Å². The fourth-order valence-electron chi connectivity index (χ4n) is 2.28. The van der Waals surface area contributed by atoms with Crippen LogP contribution in [-0.4, -0.2) is 50.3 Å². The molecule has 0 saturated carbocycles. The quantitative estimate of drug-likeness (QED) is 0.842. The van der Waals surface area contributed by atoms with Gasteiger partial charge in [0.25, 0.3) is 0 Å². The average Bonchev–Trinajstić information content (AvgIpc) is 2.33. The number of rotatable bonds is 5. The van der Waals surface area contributed by atoms with Crippen molar-refractivity contribution in [1.29, 1.82) is 0 Å². The van der Waals surface area contributed by atoms with Crippen LogP contribution < -0.4 is 5.32 Å². The molecule has 0 aromatic rings. The van der Waals surface area contributed by atoms with Crippen molar-refractivity contribution >= 4 is 10.0 Å². The molecule has 4 nitrogen and oxygen atoms in total. The lowest BCUT2D eigenvalue weighted by Gasteiger charge is -2.34. The minimum Gasteiger partial charge on any atom is -0.317 e. The monoisotopic (exact) mass is 330 g/mol. The van der Waals surface area contributed by atoms with E-state index < -0.39 is 28.8 Å². The van der Waals surface area contributed by atoms with Crippen LogP contribution in [0.5, 0.6) is 0 Å². The van der Waals surface area contributed by atoms with Crippen molar-refractivity contribution in [2.75, 3.05) is 25.4 Å². The molecular formula is C13H25F3N2O2S. The Morgan fingerprint density at radius 1 is 1.14 bits per heavy atom.